The molecule has 0 saturated carbocycles. The number of hydrogen-bond acceptors (Lipinski definition) is 5. The zero-order valence-corrected chi connectivity index (χ0v) is 11.2. The number of aromatic nitrogens is 2. The first-order chi connectivity index (χ1) is 9.11. The molecule has 6 nitrogen and oxygen atoms in total. The van der Waals surface area contributed by atoms with Crippen molar-refractivity contribution in [2.75, 3.05) is 24.6 Å². The van der Waals surface area contributed by atoms with Gasteiger partial charge in [-0.15, -0.1) is 0 Å². The summed E-state index contributed by atoms with van der Waals surface area (Å²) in [7, 11) is 0. The largest absolute Gasteiger partial charge is 0.481 e. The molecule has 0 amide bonds. The fourth-order valence-electron chi connectivity index (χ4n) is 1.97. The quantitative estimate of drug-likeness (QED) is 0.838. The third-order valence-corrected chi connectivity index (χ3v) is 3.36. The molecular weight excluding hydrogens is 246 g/mol. The molecule has 6 heteroatoms. The maximum atomic E-state index is 10.9. The van der Waals surface area contributed by atoms with Crippen LogP contribution < -0.4 is 9.64 Å². The lowest BCUT2D eigenvalue weighted by Gasteiger charge is -2.41. The van der Waals surface area contributed by atoms with Gasteiger partial charge in [-0.25, -0.2) is 4.98 Å². The SMILES string of the molecule is CCCOc1ccnc(N2CC(C(C)C(=O)O)C2)n1. The number of carboxylic acid groups (broad SMARTS) is 1. The topological polar surface area (TPSA) is 75.5 Å². The van der Waals surface area contributed by atoms with E-state index >= 15 is 0 Å². The van der Waals surface area contributed by atoms with E-state index in [1.807, 2.05) is 11.8 Å². The predicted molar refractivity (Wildman–Crippen MR) is 70.3 cm³/mol. The molecule has 1 atom stereocenters. The van der Waals surface area contributed by atoms with E-state index in [1.165, 1.54) is 0 Å². The van der Waals surface area contributed by atoms with Crippen LogP contribution in [0.3, 0.4) is 0 Å². The van der Waals surface area contributed by atoms with Gasteiger partial charge in [0.2, 0.25) is 11.8 Å². The number of nitrogens with zero attached hydrogens (tertiary/aromatic N) is 3. The van der Waals surface area contributed by atoms with Crippen molar-refractivity contribution in [3.63, 3.8) is 0 Å². The van der Waals surface area contributed by atoms with Gasteiger partial charge in [-0.3, -0.25) is 4.79 Å². The zero-order chi connectivity index (χ0) is 13.8. The van der Waals surface area contributed by atoms with Crippen LogP contribution in [-0.4, -0.2) is 40.7 Å². The highest BCUT2D eigenvalue weighted by Crippen LogP contribution is 2.27. The van der Waals surface area contributed by atoms with Gasteiger partial charge < -0.3 is 14.7 Å². The molecule has 0 spiro atoms. The van der Waals surface area contributed by atoms with Crippen LogP contribution in [0.1, 0.15) is 20.3 Å². The molecule has 1 aromatic rings. The molecule has 0 aliphatic carbocycles. The van der Waals surface area contributed by atoms with Crippen molar-refractivity contribution in [1.29, 1.82) is 0 Å². The molecule has 1 aromatic heterocycles. The summed E-state index contributed by atoms with van der Waals surface area (Å²) in [6.07, 6.45) is 2.60. The first-order valence-electron chi connectivity index (χ1n) is 6.55. The third kappa shape index (κ3) is 3.13. The maximum absolute atomic E-state index is 10.9. The minimum atomic E-state index is -0.745. The van der Waals surface area contributed by atoms with E-state index in [9.17, 15) is 4.79 Å². The Bertz CT molecular complexity index is 447. The van der Waals surface area contributed by atoms with Crippen LogP contribution in [0.4, 0.5) is 5.95 Å². The molecule has 19 heavy (non-hydrogen) atoms. The van der Waals surface area contributed by atoms with Gasteiger partial charge in [0.15, 0.2) is 0 Å². The van der Waals surface area contributed by atoms with Crippen molar-refractivity contribution >= 4 is 11.9 Å². The van der Waals surface area contributed by atoms with Crippen LogP contribution >= 0.6 is 0 Å². The molecule has 2 heterocycles. The smallest absolute Gasteiger partial charge is 0.306 e. The number of hydrogen-bond donors (Lipinski definition) is 1. The van der Waals surface area contributed by atoms with E-state index < -0.39 is 5.97 Å². The molecule has 2 rings (SSSR count). The van der Waals surface area contributed by atoms with Crippen molar-refractivity contribution in [3.05, 3.63) is 12.3 Å². The van der Waals surface area contributed by atoms with E-state index in [0.717, 1.165) is 6.42 Å². The summed E-state index contributed by atoms with van der Waals surface area (Å²) in [5.74, 6) is 0.284. The number of carboxylic acids is 1. The van der Waals surface area contributed by atoms with Crippen molar-refractivity contribution in [2.24, 2.45) is 11.8 Å². The predicted octanol–water partition coefficient (Wildman–Crippen LogP) is 1.42. The fourth-order valence-corrected chi connectivity index (χ4v) is 1.97. The summed E-state index contributed by atoms with van der Waals surface area (Å²) in [6.45, 7) is 5.78. The Kier molecular flexibility index (Phi) is 4.19. The minimum Gasteiger partial charge on any atom is -0.481 e. The molecule has 1 N–H and O–H groups in total. The van der Waals surface area contributed by atoms with E-state index in [2.05, 4.69) is 9.97 Å². The van der Waals surface area contributed by atoms with Crippen LogP contribution in [0, 0.1) is 11.8 Å². The second-order valence-electron chi connectivity index (χ2n) is 4.84. The number of carbonyl (C=O) groups is 1. The molecule has 0 bridgehead atoms. The van der Waals surface area contributed by atoms with Gasteiger partial charge in [0.05, 0.1) is 12.5 Å². The van der Waals surface area contributed by atoms with Gasteiger partial charge in [-0.2, -0.15) is 4.98 Å². The summed E-state index contributed by atoms with van der Waals surface area (Å²) in [5, 5.41) is 8.95. The Morgan fingerprint density at radius 3 is 3.00 bits per heavy atom. The summed E-state index contributed by atoms with van der Waals surface area (Å²) in [4.78, 5) is 21.4. The van der Waals surface area contributed by atoms with Crippen LogP contribution in [0.2, 0.25) is 0 Å². The van der Waals surface area contributed by atoms with E-state index in [1.54, 1.807) is 19.2 Å². The first kappa shape index (κ1) is 13.6. The standard InChI is InChI=1S/C13H19N3O3/c1-3-6-19-11-4-5-14-13(15-11)16-7-10(8-16)9(2)12(17)18/h4-5,9-10H,3,6-8H2,1-2H3,(H,17,18). The van der Waals surface area contributed by atoms with Gasteiger partial charge in [0.1, 0.15) is 0 Å². The molecule has 104 valence electrons. The van der Waals surface area contributed by atoms with Crippen LogP contribution in [0.5, 0.6) is 5.88 Å². The van der Waals surface area contributed by atoms with E-state index in [0.29, 0.717) is 31.5 Å². The lowest BCUT2D eigenvalue weighted by atomic mass is 9.87. The van der Waals surface area contributed by atoms with Crippen LogP contribution in [-0.2, 0) is 4.79 Å². The van der Waals surface area contributed by atoms with Crippen LogP contribution in [0.25, 0.3) is 0 Å². The molecule has 1 unspecified atom stereocenters. The van der Waals surface area contributed by atoms with Crippen molar-refractivity contribution in [1.82, 2.24) is 9.97 Å². The highest BCUT2D eigenvalue weighted by Gasteiger charge is 2.35. The van der Waals surface area contributed by atoms with Crippen LogP contribution in [0.15, 0.2) is 12.3 Å². The zero-order valence-electron chi connectivity index (χ0n) is 11.2. The molecule has 1 aliphatic rings. The molecule has 0 radical (unpaired) electrons. The molecular formula is C13H19N3O3. The Hall–Kier alpha value is -1.85. The highest BCUT2D eigenvalue weighted by molar-refractivity contribution is 5.70. The van der Waals surface area contributed by atoms with E-state index in [4.69, 9.17) is 9.84 Å². The van der Waals surface area contributed by atoms with Gasteiger partial charge in [0.25, 0.3) is 0 Å². The number of rotatable bonds is 6. The molecule has 1 aliphatic heterocycles. The maximum Gasteiger partial charge on any atom is 0.306 e. The van der Waals surface area contributed by atoms with Crippen molar-refractivity contribution in [3.8, 4) is 5.88 Å². The summed E-state index contributed by atoms with van der Waals surface area (Å²) < 4.78 is 5.46. The minimum absolute atomic E-state index is 0.168. The Balaban J connectivity index is 1.92. The van der Waals surface area contributed by atoms with Gasteiger partial charge in [-0.1, -0.05) is 13.8 Å². The second kappa shape index (κ2) is 5.86. The third-order valence-electron chi connectivity index (χ3n) is 3.36. The lowest BCUT2D eigenvalue weighted by Crippen LogP contribution is -2.51. The Morgan fingerprint density at radius 1 is 1.63 bits per heavy atom. The van der Waals surface area contributed by atoms with Gasteiger partial charge in [0, 0.05) is 31.3 Å². The molecule has 1 fully saturated rings. The monoisotopic (exact) mass is 265 g/mol. The highest BCUT2D eigenvalue weighted by atomic mass is 16.5. The summed E-state index contributed by atoms with van der Waals surface area (Å²) in [6, 6.07) is 1.73. The number of ether oxygens (including phenoxy) is 1. The fraction of sp³-hybridized carbons (Fsp3) is 0.615. The van der Waals surface area contributed by atoms with Crippen molar-refractivity contribution in [2.45, 2.75) is 20.3 Å². The lowest BCUT2D eigenvalue weighted by molar-refractivity contribution is -0.143. The first-order valence-corrected chi connectivity index (χ1v) is 6.55. The number of anilines is 1. The average molecular weight is 265 g/mol. The Morgan fingerprint density at radius 2 is 2.37 bits per heavy atom. The summed E-state index contributed by atoms with van der Waals surface area (Å²) >= 11 is 0. The van der Waals surface area contributed by atoms with E-state index in [-0.39, 0.29) is 11.8 Å². The van der Waals surface area contributed by atoms with Gasteiger partial charge >= 0.3 is 5.97 Å². The normalized spacial score (nSPS) is 16.8. The average Bonchev–Trinajstić information content (AvgIpc) is 2.35. The second-order valence-corrected chi connectivity index (χ2v) is 4.84. The summed E-state index contributed by atoms with van der Waals surface area (Å²) in [5.41, 5.74) is 0. The molecule has 1 saturated heterocycles. The van der Waals surface area contributed by atoms with Gasteiger partial charge in [-0.05, 0) is 6.42 Å². The van der Waals surface area contributed by atoms with Crippen molar-refractivity contribution < 1.29 is 14.6 Å². The molecule has 0 aromatic carbocycles. The number of aliphatic carboxylic acids is 1. The Labute approximate surface area is 112 Å².